The lowest BCUT2D eigenvalue weighted by atomic mass is 10.1. The number of carbonyl (C=O) groups excluding carboxylic acids is 1. The number of nitrogens with zero attached hydrogens (tertiary/aromatic N) is 4. The zero-order valence-electron chi connectivity index (χ0n) is 21.6. The molecule has 14 heteroatoms. The monoisotopic (exact) mass is 564 g/mol. The molecular weight excluding hydrogens is 537 g/mol. The van der Waals surface area contributed by atoms with Crippen molar-refractivity contribution in [2.45, 2.75) is 39.6 Å². The molecular formula is C25H27F2N4O7P. The number of aryl methyl sites for hydroxylation is 1. The van der Waals surface area contributed by atoms with Gasteiger partial charge in [0.25, 0.3) is 20.1 Å². The van der Waals surface area contributed by atoms with Gasteiger partial charge in [0.2, 0.25) is 11.9 Å². The van der Waals surface area contributed by atoms with Gasteiger partial charge in [0, 0.05) is 12.5 Å². The van der Waals surface area contributed by atoms with Crippen LogP contribution in [0.3, 0.4) is 0 Å². The molecule has 0 bridgehead atoms. The lowest BCUT2D eigenvalue weighted by molar-refractivity contribution is -0.596. The van der Waals surface area contributed by atoms with Crippen LogP contribution in [0.2, 0.25) is 0 Å². The molecule has 0 saturated carbocycles. The summed E-state index contributed by atoms with van der Waals surface area (Å²) < 4.78 is 57.5. The molecule has 11 nitrogen and oxygen atoms in total. The molecule has 0 spiro atoms. The van der Waals surface area contributed by atoms with Gasteiger partial charge < -0.3 is 24.2 Å². The average molecular weight is 564 g/mol. The Bertz CT molecular complexity index is 1470. The van der Waals surface area contributed by atoms with Crippen molar-refractivity contribution in [3.8, 4) is 11.4 Å². The van der Waals surface area contributed by atoms with Gasteiger partial charge in [-0.3, -0.25) is 13.9 Å². The number of benzene rings is 1. The van der Waals surface area contributed by atoms with Crippen molar-refractivity contribution in [3.05, 3.63) is 77.3 Å². The lowest BCUT2D eigenvalue weighted by Crippen LogP contribution is -2.45. The summed E-state index contributed by atoms with van der Waals surface area (Å²) in [7, 11) is -3.41. The number of methoxy groups -OCH3 is 1. The summed E-state index contributed by atoms with van der Waals surface area (Å²) in [6.07, 6.45) is 4.44. The number of halogens is 2. The normalized spacial score (nSPS) is 19.1. The van der Waals surface area contributed by atoms with Crippen molar-refractivity contribution < 1.29 is 46.5 Å². The largest absolute Gasteiger partial charge is 0.756 e. The van der Waals surface area contributed by atoms with E-state index in [0.717, 1.165) is 6.07 Å². The summed E-state index contributed by atoms with van der Waals surface area (Å²) in [5.41, 5.74) is 1.93. The molecule has 1 fully saturated rings. The van der Waals surface area contributed by atoms with Crippen molar-refractivity contribution in [2.75, 3.05) is 13.7 Å². The van der Waals surface area contributed by atoms with Crippen LogP contribution in [0.15, 0.2) is 48.6 Å². The number of hydrogen-bond donors (Lipinski definition) is 1. The SMILES string of the molecule is COc1cc(/C=C2\O[C@@H](C)CN([C@@H](C)c3ccc(F)nc3F)C2=O)ccc1-[n+]1cc(C)n(COP(=O)([O-])O)c1. The molecule has 1 unspecified atom stereocenters. The summed E-state index contributed by atoms with van der Waals surface area (Å²) >= 11 is 0. The quantitative estimate of drug-likeness (QED) is 0.191. The molecule has 1 aromatic carbocycles. The summed E-state index contributed by atoms with van der Waals surface area (Å²) in [6.45, 7) is 4.93. The van der Waals surface area contributed by atoms with Gasteiger partial charge in [0.1, 0.15) is 18.0 Å². The lowest BCUT2D eigenvalue weighted by Gasteiger charge is -2.37. The van der Waals surface area contributed by atoms with Gasteiger partial charge in [0.15, 0.2) is 23.9 Å². The number of carbonyl (C=O) groups is 1. The highest BCUT2D eigenvalue weighted by Gasteiger charge is 2.34. The molecule has 4 rings (SSSR count). The molecule has 0 aliphatic carbocycles. The molecule has 1 saturated heterocycles. The van der Waals surface area contributed by atoms with E-state index >= 15 is 0 Å². The maximum Gasteiger partial charge on any atom is 0.289 e. The minimum absolute atomic E-state index is 0.0451. The maximum absolute atomic E-state index is 14.3. The van der Waals surface area contributed by atoms with Crippen LogP contribution >= 0.6 is 7.82 Å². The third kappa shape index (κ3) is 6.51. The van der Waals surface area contributed by atoms with E-state index in [2.05, 4.69) is 9.51 Å². The van der Waals surface area contributed by atoms with Crippen LogP contribution in [-0.2, 0) is 25.4 Å². The van der Waals surface area contributed by atoms with Crippen molar-refractivity contribution in [2.24, 2.45) is 0 Å². The molecule has 1 aliphatic rings. The molecule has 2 aromatic heterocycles. The number of pyridine rings is 1. The van der Waals surface area contributed by atoms with Gasteiger partial charge in [-0.25, -0.2) is 4.57 Å². The van der Waals surface area contributed by atoms with Crippen LogP contribution in [0.5, 0.6) is 5.75 Å². The van der Waals surface area contributed by atoms with E-state index in [4.69, 9.17) is 14.4 Å². The second-order valence-electron chi connectivity index (χ2n) is 9.01. The summed E-state index contributed by atoms with van der Waals surface area (Å²) in [6, 6.07) is 6.75. The van der Waals surface area contributed by atoms with Gasteiger partial charge >= 0.3 is 0 Å². The first-order chi connectivity index (χ1) is 18.4. The average Bonchev–Trinajstić information content (AvgIpc) is 3.24. The summed E-state index contributed by atoms with van der Waals surface area (Å²) in [5.74, 6) is -1.91. The first kappa shape index (κ1) is 28.4. The number of morpholine rings is 1. The Labute approximate surface area is 223 Å². The molecule has 208 valence electrons. The highest BCUT2D eigenvalue weighted by Crippen LogP contribution is 2.32. The van der Waals surface area contributed by atoms with Crippen molar-refractivity contribution in [3.63, 3.8) is 0 Å². The highest BCUT2D eigenvalue weighted by molar-refractivity contribution is 7.44. The number of phosphoric ester groups is 1. The van der Waals surface area contributed by atoms with Crippen molar-refractivity contribution in [1.82, 2.24) is 14.5 Å². The van der Waals surface area contributed by atoms with Gasteiger partial charge in [-0.05, 0) is 49.8 Å². The molecule has 39 heavy (non-hydrogen) atoms. The number of rotatable bonds is 8. The fourth-order valence-corrected chi connectivity index (χ4v) is 4.51. The molecule has 1 aliphatic heterocycles. The second kappa shape index (κ2) is 11.2. The maximum atomic E-state index is 14.3. The van der Waals surface area contributed by atoms with Gasteiger partial charge in [-0.1, -0.05) is 6.07 Å². The Morgan fingerprint density at radius 1 is 1.36 bits per heavy atom. The third-order valence-corrected chi connectivity index (χ3v) is 6.64. The standard InChI is InChI=1S/C25H27F2N4O7P/c1-15-11-29(13-30(15)14-37-39(33,34)35)20-7-5-18(9-21(20)36-4)10-22-25(32)31(12-16(2)38-22)17(3)19-6-8-23(26)28-24(19)27/h5-11,13,16-17H,12,14H2,1-4H3,(H-,33,34,35)/b22-10-/t16-,17-/m0/s1. The fraction of sp³-hybridized carbons (Fsp3) is 0.320. The summed E-state index contributed by atoms with van der Waals surface area (Å²) in [4.78, 5) is 37.8. The molecule has 3 aromatic rings. The van der Waals surface area contributed by atoms with E-state index in [-0.39, 0.29) is 17.9 Å². The van der Waals surface area contributed by atoms with Crippen LogP contribution in [0.1, 0.15) is 36.7 Å². The number of imidazole rings is 1. The Morgan fingerprint density at radius 2 is 2.10 bits per heavy atom. The zero-order valence-corrected chi connectivity index (χ0v) is 22.5. The predicted octanol–water partition coefficient (Wildman–Crippen LogP) is 2.54. The number of aromatic nitrogens is 3. The topological polar surface area (TPSA) is 130 Å². The van der Waals surface area contributed by atoms with Crippen LogP contribution in [0.4, 0.5) is 8.78 Å². The number of ether oxygens (including phenoxy) is 2. The minimum Gasteiger partial charge on any atom is -0.756 e. The molecule has 0 radical (unpaired) electrons. The van der Waals surface area contributed by atoms with Crippen molar-refractivity contribution >= 4 is 19.8 Å². The Balaban J connectivity index is 1.60. The van der Waals surface area contributed by atoms with Gasteiger partial charge in [-0.15, -0.1) is 0 Å². The smallest absolute Gasteiger partial charge is 0.289 e. The number of hydrogen-bond acceptors (Lipinski definition) is 7. The van der Waals surface area contributed by atoms with Crippen LogP contribution in [-0.4, -0.2) is 45.0 Å². The molecule has 3 heterocycles. The first-order valence-corrected chi connectivity index (χ1v) is 13.3. The number of phosphoric acid groups is 1. The number of amides is 1. The Morgan fingerprint density at radius 3 is 2.77 bits per heavy atom. The Kier molecular flexibility index (Phi) is 8.17. The van der Waals surface area contributed by atoms with E-state index in [9.17, 15) is 23.0 Å². The zero-order chi connectivity index (χ0) is 28.5. The van der Waals surface area contributed by atoms with Crippen molar-refractivity contribution in [1.29, 1.82) is 0 Å². The third-order valence-electron chi connectivity index (χ3n) is 6.20. The molecule has 1 N–H and O–H groups in total. The van der Waals surface area contributed by atoms with E-state index in [1.807, 2.05) is 0 Å². The molecule has 3 atom stereocenters. The summed E-state index contributed by atoms with van der Waals surface area (Å²) in [5, 5.41) is 0. The van der Waals surface area contributed by atoms with Gasteiger partial charge in [0.05, 0.1) is 19.7 Å². The van der Waals surface area contributed by atoms with Crippen LogP contribution in [0, 0.1) is 18.8 Å². The Hall–Kier alpha value is -3.64. The first-order valence-electron chi connectivity index (χ1n) is 11.8. The fourth-order valence-electron chi connectivity index (χ4n) is 4.24. The van der Waals surface area contributed by atoms with E-state index in [1.165, 1.54) is 22.6 Å². The van der Waals surface area contributed by atoms with E-state index in [0.29, 0.717) is 22.7 Å². The van der Waals surface area contributed by atoms with E-state index in [1.54, 1.807) is 62.1 Å². The van der Waals surface area contributed by atoms with Crippen LogP contribution < -0.4 is 14.2 Å². The predicted molar refractivity (Wildman–Crippen MR) is 131 cm³/mol. The molecule has 1 amide bonds. The minimum atomic E-state index is -4.89. The van der Waals surface area contributed by atoms with Crippen LogP contribution in [0.25, 0.3) is 11.8 Å². The van der Waals surface area contributed by atoms with E-state index < -0.39 is 44.5 Å². The second-order valence-corrected chi connectivity index (χ2v) is 10.2. The van der Waals surface area contributed by atoms with Gasteiger partial charge in [-0.2, -0.15) is 18.3 Å². The highest BCUT2D eigenvalue weighted by atomic mass is 31.2.